The van der Waals surface area contributed by atoms with Gasteiger partial charge in [-0.1, -0.05) is 176 Å². The molecule has 0 radical (unpaired) electrons. The largest absolute Gasteiger partial charge is 0.310 e. The fraction of sp³-hybridized carbons (Fsp3) is 0. The third kappa shape index (κ3) is 6.21. The Bertz CT molecular complexity index is 3590. The lowest BCUT2D eigenvalue weighted by atomic mass is 9.96. The summed E-state index contributed by atoms with van der Waals surface area (Å²) in [5.74, 6) is 0. The maximum absolute atomic E-state index is 2.44. The second-order valence-electron chi connectivity index (χ2n) is 15.6. The minimum Gasteiger partial charge on any atom is -0.310 e. The molecule has 0 unspecified atom stereocenters. The summed E-state index contributed by atoms with van der Waals surface area (Å²) in [4.78, 5) is 2.44. The smallest absolute Gasteiger partial charge is 0.0540 e. The van der Waals surface area contributed by atoms with Crippen LogP contribution in [-0.4, -0.2) is 0 Å². The minimum atomic E-state index is 1.10. The lowest BCUT2D eigenvalue weighted by Crippen LogP contribution is -2.11. The van der Waals surface area contributed by atoms with Crippen molar-refractivity contribution >= 4 is 90.9 Å². The number of hydrogen-bond donors (Lipinski definition) is 0. The number of para-hydroxylation sites is 1. The van der Waals surface area contributed by atoms with Crippen molar-refractivity contribution in [1.82, 2.24) is 0 Å². The number of rotatable bonds is 7. The van der Waals surface area contributed by atoms with Gasteiger partial charge in [0.2, 0.25) is 0 Å². The van der Waals surface area contributed by atoms with Gasteiger partial charge in [0.25, 0.3) is 0 Å². The Morgan fingerprint density at radius 3 is 1.66 bits per heavy atom. The van der Waals surface area contributed by atoms with Crippen molar-refractivity contribution < 1.29 is 0 Å². The van der Waals surface area contributed by atoms with Crippen molar-refractivity contribution in [2.24, 2.45) is 0 Å². The first kappa shape index (κ1) is 35.6. The molecule has 0 aliphatic heterocycles. The maximum Gasteiger partial charge on any atom is 0.0540 e. The second-order valence-corrected chi connectivity index (χ2v) is 17.8. The van der Waals surface area contributed by atoms with Gasteiger partial charge in [-0.25, -0.2) is 0 Å². The number of thiophene rings is 2. The summed E-state index contributed by atoms with van der Waals surface area (Å²) < 4.78 is 5.26. The van der Waals surface area contributed by atoms with E-state index in [-0.39, 0.29) is 0 Å². The van der Waals surface area contributed by atoms with Crippen LogP contribution in [0, 0.1) is 0 Å². The lowest BCUT2D eigenvalue weighted by Gasteiger charge is -2.28. The first-order valence-electron chi connectivity index (χ1n) is 20.7. The molecule has 0 fully saturated rings. The Kier molecular flexibility index (Phi) is 8.62. The van der Waals surface area contributed by atoms with Crippen LogP contribution in [0.4, 0.5) is 17.1 Å². The Morgan fingerprint density at radius 2 is 0.820 bits per heavy atom. The summed E-state index contributed by atoms with van der Waals surface area (Å²) in [7, 11) is 0. The quantitative estimate of drug-likeness (QED) is 0.155. The number of anilines is 3. The highest BCUT2D eigenvalue weighted by atomic mass is 32.1. The molecule has 0 saturated carbocycles. The van der Waals surface area contributed by atoms with Gasteiger partial charge in [-0.05, 0) is 92.7 Å². The normalized spacial score (nSPS) is 11.6. The van der Waals surface area contributed by atoms with Gasteiger partial charge >= 0.3 is 0 Å². The third-order valence-electron chi connectivity index (χ3n) is 12.1. The van der Waals surface area contributed by atoms with Crippen LogP contribution in [-0.2, 0) is 0 Å². The summed E-state index contributed by atoms with van der Waals surface area (Å²) in [5, 5.41) is 7.78. The van der Waals surface area contributed by atoms with Crippen LogP contribution in [0.3, 0.4) is 0 Å². The van der Waals surface area contributed by atoms with Crippen LogP contribution in [0.5, 0.6) is 0 Å². The summed E-state index contributed by atoms with van der Waals surface area (Å²) in [5.41, 5.74) is 13.0. The molecule has 0 saturated heterocycles. The second kappa shape index (κ2) is 14.8. The van der Waals surface area contributed by atoms with E-state index >= 15 is 0 Å². The van der Waals surface area contributed by atoms with Crippen LogP contribution in [0.2, 0.25) is 0 Å². The molecule has 10 aromatic carbocycles. The van der Waals surface area contributed by atoms with E-state index in [2.05, 4.69) is 229 Å². The predicted molar refractivity (Wildman–Crippen MR) is 266 cm³/mol. The molecule has 12 rings (SSSR count). The van der Waals surface area contributed by atoms with Crippen molar-refractivity contribution in [3.05, 3.63) is 224 Å². The molecule has 0 N–H and O–H groups in total. The van der Waals surface area contributed by atoms with Gasteiger partial charge in [-0.15, -0.1) is 22.7 Å². The van der Waals surface area contributed by atoms with Crippen molar-refractivity contribution in [3.8, 4) is 44.5 Å². The Hall–Kier alpha value is -7.30. The van der Waals surface area contributed by atoms with Crippen molar-refractivity contribution in [2.75, 3.05) is 4.90 Å². The van der Waals surface area contributed by atoms with E-state index in [0.717, 1.165) is 17.1 Å². The molecule has 2 heterocycles. The number of fused-ring (bicyclic) bond motifs is 7. The highest BCUT2D eigenvalue weighted by Gasteiger charge is 2.20. The molecule has 3 heteroatoms. The van der Waals surface area contributed by atoms with Gasteiger partial charge in [0.15, 0.2) is 0 Å². The molecule has 0 spiro atoms. The molecule has 0 atom stereocenters. The number of hydrogen-bond acceptors (Lipinski definition) is 3. The molecule has 286 valence electrons. The SMILES string of the molecule is c1cc(-c2ccc(-c3cccc4ccccc34)cc2)cc(N(c2ccc(-c3ccc4c(c3)sc3ccccc34)cc2)c2ccccc2-c2cccc3c2sc2ccccc23)c1. The van der Waals surface area contributed by atoms with Gasteiger partial charge in [0.1, 0.15) is 0 Å². The van der Waals surface area contributed by atoms with Crippen molar-refractivity contribution in [3.63, 3.8) is 0 Å². The van der Waals surface area contributed by atoms with Crippen LogP contribution in [0.25, 0.3) is 95.6 Å². The van der Waals surface area contributed by atoms with Crippen LogP contribution < -0.4 is 4.90 Å². The first-order valence-corrected chi connectivity index (χ1v) is 22.4. The first-order chi connectivity index (χ1) is 30.2. The molecule has 0 bridgehead atoms. The molecule has 0 aliphatic rings. The highest BCUT2D eigenvalue weighted by molar-refractivity contribution is 7.26. The Balaban J connectivity index is 0.981. The average molecular weight is 812 g/mol. The Morgan fingerprint density at radius 1 is 0.279 bits per heavy atom. The molecular formula is C58H37NS2. The average Bonchev–Trinajstić information content (AvgIpc) is 3.90. The van der Waals surface area contributed by atoms with Gasteiger partial charge < -0.3 is 4.90 Å². The number of nitrogens with zero attached hydrogens (tertiary/aromatic N) is 1. The predicted octanol–water partition coefficient (Wildman–Crippen LogP) is 17.7. The summed E-state index contributed by atoms with van der Waals surface area (Å²) >= 11 is 3.74. The van der Waals surface area contributed by atoms with Gasteiger partial charge in [-0.2, -0.15) is 0 Å². The summed E-state index contributed by atoms with van der Waals surface area (Å²) in [6, 6.07) is 82.4. The van der Waals surface area contributed by atoms with E-state index in [1.165, 1.54) is 95.6 Å². The summed E-state index contributed by atoms with van der Waals surface area (Å²) in [6.07, 6.45) is 0. The standard InChI is InChI=1S/C58H37NS2/c1-2-16-46-40(12-1)13-10-20-47(46)41-28-26-38(27-29-41)42-14-9-15-45(36-42)59(44-33-30-39(31-34-44)43-32-35-51-49-18-4-7-24-55(49)60-57(51)37-43)54-23-6-3-17-48(54)52-21-11-22-53-50-19-5-8-25-56(50)61-58(52)53/h1-37H. The van der Waals surface area contributed by atoms with E-state index in [4.69, 9.17) is 0 Å². The van der Waals surface area contributed by atoms with Crippen molar-refractivity contribution in [2.45, 2.75) is 0 Å². The zero-order valence-electron chi connectivity index (χ0n) is 33.1. The van der Waals surface area contributed by atoms with Gasteiger partial charge in [-0.3, -0.25) is 0 Å². The highest BCUT2D eigenvalue weighted by Crippen LogP contribution is 2.47. The van der Waals surface area contributed by atoms with Crippen LogP contribution in [0.15, 0.2) is 224 Å². The molecular weight excluding hydrogens is 775 g/mol. The summed E-state index contributed by atoms with van der Waals surface area (Å²) in [6.45, 7) is 0. The molecule has 2 aromatic heterocycles. The molecule has 61 heavy (non-hydrogen) atoms. The Labute approximate surface area is 362 Å². The lowest BCUT2D eigenvalue weighted by molar-refractivity contribution is 1.28. The zero-order chi connectivity index (χ0) is 40.3. The van der Waals surface area contributed by atoms with E-state index < -0.39 is 0 Å². The monoisotopic (exact) mass is 811 g/mol. The fourth-order valence-electron chi connectivity index (χ4n) is 9.14. The molecule has 1 nitrogen and oxygen atoms in total. The third-order valence-corrected chi connectivity index (χ3v) is 14.5. The van der Waals surface area contributed by atoms with Gasteiger partial charge in [0, 0.05) is 62.8 Å². The van der Waals surface area contributed by atoms with E-state index in [1.54, 1.807) is 0 Å². The van der Waals surface area contributed by atoms with Gasteiger partial charge in [0.05, 0.1) is 5.69 Å². The molecule has 0 aliphatic carbocycles. The van der Waals surface area contributed by atoms with E-state index in [1.807, 2.05) is 22.7 Å². The van der Waals surface area contributed by atoms with Crippen LogP contribution in [0.1, 0.15) is 0 Å². The maximum atomic E-state index is 2.44. The van der Waals surface area contributed by atoms with Crippen LogP contribution >= 0.6 is 22.7 Å². The minimum absolute atomic E-state index is 1.10. The fourth-order valence-corrected chi connectivity index (χ4v) is 11.5. The van der Waals surface area contributed by atoms with E-state index in [0.29, 0.717) is 0 Å². The topological polar surface area (TPSA) is 3.24 Å². The van der Waals surface area contributed by atoms with Crippen molar-refractivity contribution in [1.29, 1.82) is 0 Å². The zero-order valence-corrected chi connectivity index (χ0v) is 34.8. The molecule has 0 amide bonds. The number of benzene rings is 10. The molecule has 12 aromatic rings. The van der Waals surface area contributed by atoms with E-state index in [9.17, 15) is 0 Å².